The van der Waals surface area contributed by atoms with Crippen molar-refractivity contribution in [3.63, 3.8) is 0 Å². The van der Waals surface area contributed by atoms with Crippen LogP contribution in [0.2, 0.25) is 0 Å². The lowest BCUT2D eigenvalue weighted by molar-refractivity contribution is 0.0956. The van der Waals surface area contributed by atoms with Crippen molar-refractivity contribution in [3.05, 3.63) is 60.4 Å². The van der Waals surface area contributed by atoms with Gasteiger partial charge in [-0.05, 0) is 48.9 Å². The maximum Gasteiger partial charge on any atom is 0.272 e. The number of para-hydroxylation sites is 1. The molecule has 0 unspecified atom stereocenters. The number of fused-ring (bicyclic) bond motifs is 1. The van der Waals surface area contributed by atoms with Gasteiger partial charge in [0.15, 0.2) is 0 Å². The first-order valence-electron chi connectivity index (χ1n) is 9.81. The Kier molecular flexibility index (Phi) is 5.15. The van der Waals surface area contributed by atoms with Crippen molar-refractivity contribution in [1.82, 2.24) is 15.4 Å². The van der Waals surface area contributed by atoms with Crippen LogP contribution in [0.15, 0.2) is 60.0 Å². The Labute approximate surface area is 164 Å². The normalized spacial score (nSPS) is 21.0. The Morgan fingerprint density at radius 3 is 2.54 bits per heavy atom. The van der Waals surface area contributed by atoms with Gasteiger partial charge in [0.25, 0.3) is 5.91 Å². The van der Waals surface area contributed by atoms with Gasteiger partial charge >= 0.3 is 0 Å². The zero-order valence-corrected chi connectivity index (χ0v) is 16.2. The van der Waals surface area contributed by atoms with Crippen LogP contribution in [0, 0.1) is 11.8 Å². The topological polar surface area (TPSA) is 67.2 Å². The SMILES string of the molecule is C[C@@H]1CCC[C@H](C)C1=NNC(=O)c1cc(-c2ccncc2)nc2ccccc12. The first kappa shape index (κ1) is 18.3. The zero-order valence-electron chi connectivity index (χ0n) is 16.2. The molecule has 1 aromatic carbocycles. The minimum absolute atomic E-state index is 0.202. The first-order valence-corrected chi connectivity index (χ1v) is 9.81. The third-order valence-electron chi connectivity index (χ3n) is 5.51. The van der Waals surface area contributed by atoms with E-state index >= 15 is 0 Å². The van der Waals surface area contributed by atoms with E-state index in [2.05, 4.69) is 29.4 Å². The van der Waals surface area contributed by atoms with Crippen LogP contribution in [0.3, 0.4) is 0 Å². The van der Waals surface area contributed by atoms with Gasteiger partial charge in [-0.25, -0.2) is 10.4 Å². The van der Waals surface area contributed by atoms with Crippen molar-refractivity contribution in [2.24, 2.45) is 16.9 Å². The second-order valence-electron chi connectivity index (χ2n) is 7.52. The van der Waals surface area contributed by atoms with Crippen molar-refractivity contribution >= 4 is 22.5 Å². The summed E-state index contributed by atoms with van der Waals surface area (Å²) in [6, 6.07) is 13.3. The molecule has 2 aromatic heterocycles. The fourth-order valence-corrected chi connectivity index (χ4v) is 3.94. The van der Waals surface area contributed by atoms with Gasteiger partial charge < -0.3 is 0 Å². The Balaban J connectivity index is 1.72. The minimum atomic E-state index is -0.202. The van der Waals surface area contributed by atoms with E-state index in [4.69, 9.17) is 4.98 Å². The van der Waals surface area contributed by atoms with Crippen molar-refractivity contribution in [1.29, 1.82) is 0 Å². The van der Waals surface area contributed by atoms with Gasteiger partial charge in [-0.15, -0.1) is 0 Å². The van der Waals surface area contributed by atoms with Crippen molar-refractivity contribution in [3.8, 4) is 11.3 Å². The molecule has 4 rings (SSSR count). The molecule has 5 nitrogen and oxygen atoms in total. The molecule has 142 valence electrons. The lowest BCUT2D eigenvalue weighted by Crippen LogP contribution is -2.29. The van der Waals surface area contributed by atoms with E-state index in [1.54, 1.807) is 12.4 Å². The molecule has 0 aliphatic heterocycles. The second kappa shape index (κ2) is 7.89. The number of pyridine rings is 2. The van der Waals surface area contributed by atoms with Gasteiger partial charge in [-0.3, -0.25) is 9.78 Å². The highest BCUT2D eigenvalue weighted by Gasteiger charge is 2.23. The molecule has 5 heteroatoms. The van der Waals surface area contributed by atoms with E-state index in [-0.39, 0.29) is 5.91 Å². The molecule has 2 atom stereocenters. The molecule has 1 amide bonds. The van der Waals surface area contributed by atoms with E-state index in [0.29, 0.717) is 17.4 Å². The van der Waals surface area contributed by atoms with Crippen LogP contribution >= 0.6 is 0 Å². The van der Waals surface area contributed by atoms with Gasteiger partial charge in [0, 0.05) is 29.1 Å². The van der Waals surface area contributed by atoms with E-state index in [1.807, 2.05) is 42.5 Å². The zero-order chi connectivity index (χ0) is 19.5. The van der Waals surface area contributed by atoms with Gasteiger partial charge in [0.05, 0.1) is 16.8 Å². The van der Waals surface area contributed by atoms with Crippen LogP contribution in [0.25, 0.3) is 22.2 Å². The summed E-state index contributed by atoms with van der Waals surface area (Å²) in [5.41, 5.74) is 6.94. The van der Waals surface area contributed by atoms with Crippen LogP contribution < -0.4 is 5.43 Å². The molecule has 3 aromatic rings. The average Bonchev–Trinajstić information content (AvgIpc) is 2.73. The van der Waals surface area contributed by atoms with Gasteiger partial charge in [0.2, 0.25) is 0 Å². The van der Waals surface area contributed by atoms with Gasteiger partial charge in [-0.1, -0.05) is 38.5 Å². The largest absolute Gasteiger partial charge is 0.272 e. The molecule has 1 aliphatic carbocycles. The smallest absolute Gasteiger partial charge is 0.267 e. The number of nitrogens with one attached hydrogen (secondary N) is 1. The summed E-state index contributed by atoms with van der Waals surface area (Å²) in [6.07, 6.45) is 6.93. The van der Waals surface area contributed by atoms with Crippen molar-refractivity contribution in [2.75, 3.05) is 0 Å². The quantitative estimate of drug-likeness (QED) is 0.669. The van der Waals surface area contributed by atoms with E-state index < -0.39 is 0 Å². The van der Waals surface area contributed by atoms with Crippen molar-refractivity contribution in [2.45, 2.75) is 33.1 Å². The molecule has 28 heavy (non-hydrogen) atoms. The third-order valence-corrected chi connectivity index (χ3v) is 5.51. The first-order chi connectivity index (χ1) is 13.6. The number of carbonyl (C=O) groups excluding carboxylic acids is 1. The summed E-state index contributed by atoms with van der Waals surface area (Å²) in [6.45, 7) is 4.37. The summed E-state index contributed by atoms with van der Waals surface area (Å²) in [7, 11) is 0. The molecule has 1 fully saturated rings. The maximum absolute atomic E-state index is 13.0. The highest BCUT2D eigenvalue weighted by molar-refractivity contribution is 6.07. The number of hydrazone groups is 1. The number of hydrogen-bond acceptors (Lipinski definition) is 4. The van der Waals surface area contributed by atoms with E-state index in [1.165, 1.54) is 6.42 Å². The molecule has 0 radical (unpaired) electrons. The second-order valence-corrected chi connectivity index (χ2v) is 7.52. The van der Waals surface area contributed by atoms with E-state index in [9.17, 15) is 4.79 Å². The molecular formula is C23H24N4O. The monoisotopic (exact) mass is 372 g/mol. The molecule has 1 saturated carbocycles. The average molecular weight is 372 g/mol. The molecule has 1 N–H and O–H groups in total. The fraction of sp³-hybridized carbons (Fsp3) is 0.304. The van der Waals surface area contributed by atoms with Crippen LogP contribution in [0.4, 0.5) is 0 Å². The Hall–Kier alpha value is -3.08. The summed E-state index contributed by atoms with van der Waals surface area (Å²) < 4.78 is 0. The van der Waals surface area contributed by atoms with Crippen LogP contribution in [0.1, 0.15) is 43.5 Å². The molecular weight excluding hydrogens is 348 g/mol. The Morgan fingerprint density at radius 1 is 1.07 bits per heavy atom. The standard InChI is InChI=1S/C23H24N4O/c1-15-6-5-7-16(2)22(15)26-27-23(28)19-14-21(17-10-12-24-13-11-17)25-20-9-4-3-8-18(19)20/h3-4,8-16H,5-7H2,1-2H3,(H,27,28)/t15-,16+. The third kappa shape index (κ3) is 3.65. The summed E-state index contributed by atoms with van der Waals surface area (Å²) >= 11 is 0. The van der Waals surface area contributed by atoms with Crippen molar-refractivity contribution < 1.29 is 4.79 Å². The predicted molar refractivity (Wildman–Crippen MR) is 112 cm³/mol. The predicted octanol–water partition coefficient (Wildman–Crippen LogP) is 4.84. The summed E-state index contributed by atoms with van der Waals surface area (Å²) in [5.74, 6) is 0.614. The summed E-state index contributed by atoms with van der Waals surface area (Å²) in [4.78, 5) is 21.8. The Morgan fingerprint density at radius 2 is 1.79 bits per heavy atom. The summed E-state index contributed by atoms with van der Waals surface area (Å²) in [5, 5.41) is 5.34. The van der Waals surface area contributed by atoms with Crippen LogP contribution in [-0.4, -0.2) is 21.6 Å². The fourth-order valence-electron chi connectivity index (χ4n) is 3.94. The number of rotatable bonds is 3. The minimum Gasteiger partial charge on any atom is -0.267 e. The molecule has 2 heterocycles. The van der Waals surface area contributed by atoms with E-state index in [0.717, 1.165) is 40.7 Å². The number of aromatic nitrogens is 2. The molecule has 0 spiro atoms. The Bertz CT molecular complexity index is 1020. The number of amides is 1. The lowest BCUT2D eigenvalue weighted by Gasteiger charge is -2.26. The lowest BCUT2D eigenvalue weighted by atomic mass is 9.81. The van der Waals surface area contributed by atoms with Gasteiger partial charge in [-0.2, -0.15) is 5.10 Å². The molecule has 1 aliphatic rings. The number of hydrogen-bond donors (Lipinski definition) is 1. The van der Waals surface area contributed by atoms with Crippen LogP contribution in [-0.2, 0) is 0 Å². The number of carbonyl (C=O) groups is 1. The van der Waals surface area contributed by atoms with Gasteiger partial charge in [0.1, 0.15) is 0 Å². The maximum atomic E-state index is 13.0. The highest BCUT2D eigenvalue weighted by Crippen LogP contribution is 2.27. The molecule has 0 saturated heterocycles. The van der Waals surface area contributed by atoms with Crippen LogP contribution in [0.5, 0.6) is 0 Å². The molecule has 0 bridgehead atoms. The highest BCUT2D eigenvalue weighted by atomic mass is 16.2. The number of nitrogens with zero attached hydrogens (tertiary/aromatic N) is 3. The number of benzene rings is 1.